The van der Waals surface area contributed by atoms with Gasteiger partial charge in [-0.15, -0.1) is 0 Å². The van der Waals surface area contributed by atoms with Crippen molar-refractivity contribution in [3.63, 3.8) is 0 Å². The van der Waals surface area contributed by atoms with Gasteiger partial charge in [-0.3, -0.25) is 0 Å². The van der Waals surface area contributed by atoms with Crippen molar-refractivity contribution in [2.45, 2.75) is 19.4 Å². The fraction of sp³-hybridized carbons (Fsp3) is 0.545. The molecule has 0 bridgehead atoms. The Morgan fingerprint density at radius 1 is 1.60 bits per heavy atom. The highest BCUT2D eigenvalue weighted by Gasteiger charge is 2.17. The van der Waals surface area contributed by atoms with Gasteiger partial charge >= 0.3 is 0 Å². The molecular weight excluding hydrogens is 190 g/mol. The number of anilines is 2. The molecule has 2 N–H and O–H groups in total. The summed E-state index contributed by atoms with van der Waals surface area (Å²) in [5.41, 5.74) is 2.28. The van der Waals surface area contributed by atoms with E-state index in [1.807, 2.05) is 13.1 Å². The Labute approximate surface area is 90.0 Å². The summed E-state index contributed by atoms with van der Waals surface area (Å²) in [5, 5.41) is 6.79. The first-order valence-electron chi connectivity index (χ1n) is 5.25. The minimum Gasteiger partial charge on any atom is -0.385 e. The number of aromatic nitrogens is 1. The smallest absolute Gasteiger partial charge is 0.149 e. The first-order valence-corrected chi connectivity index (χ1v) is 5.25. The number of hydrogen-bond acceptors (Lipinski definition) is 4. The molecule has 0 amide bonds. The first-order chi connectivity index (χ1) is 7.29. The number of ether oxygens (including phenoxy) is 1. The van der Waals surface area contributed by atoms with Gasteiger partial charge in [0.25, 0.3) is 0 Å². The average Bonchev–Trinajstić information content (AvgIpc) is 2.26. The molecule has 2 heterocycles. The molecule has 4 nitrogen and oxygen atoms in total. The summed E-state index contributed by atoms with van der Waals surface area (Å²) >= 11 is 0. The molecule has 2 rings (SSSR count). The topological polar surface area (TPSA) is 46.2 Å². The fourth-order valence-electron chi connectivity index (χ4n) is 1.73. The molecule has 0 saturated carbocycles. The van der Waals surface area contributed by atoms with Crippen LogP contribution in [-0.2, 0) is 4.74 Å². The first kappa shape index (κ1) is 10.2. The zero-order chi connectivity index (χ0) is 10.7. The largest absolute Gasteiger partial charge is 0.385 e. The zero-order valence-corrected chi connectivity index (χ0v) is 9.21. The zero-order valence-electron chi connectivity index (χ0n) is 9.21. The van der Waals surface area contributed by atoms with E-state index in [0.29, 0.717) is 6.04 Å². The molecular formula is C11H17N3O. The molecule has 0 aromatic carbocycles. The van der Waals surface area contributed by atoms with Crippen LogP contribution in [0.4, 0.5) is 11.5 Å². The molecule has 0 saturated heterocycles. The monoisotopic (exact) mass is 207 g/mol. The molecule has 1 aliphatic rings. The van der Waals surface area contributed by atoms with E-state index in [4.69, 9.17) is 4.74 Å². The SMILES string of the molecule is COCCC1CNc2cc(C)cnc2N1. The predicted molar refractivity (Wildman–Crippen MR) is 61.4 cm³/mol. The molecule has 1 aromatic rings. The van der Waals surface area contributed by atoms with Crippen LogP contribution in [0.1, 0.15) is 12.0 Å². The third kappa shape index (κ3) is 2.39. The minimum absolute atomic E-state index is 0.410. The molecule has 0 radical (unpaired) electrons. The van der Waals surface area contributed by atoms with Gasteiger partial charge in [0.15, 0.2) is 0 Å². The van der Waals surface area contributed by atoms with Crippen LogP contribution in [-0.4, -0.2) is 31.3 Å². The quantitative estimate of drug-likeness (QED) is 0.791. The third-order valence-corrected chi connectivity index (χ3v) is 2.57. The number of nitrogens with zero attached hydrogens (tertiary/aromatic N) is 1. The molecule has 4 heteroatoms. The Balaban J connectivity index is 2.03. The van der Waals surface area contributed by atoms with Crippen LogP contribution in [0.2, 0.25) is 0 Å². The average molecular weight is 207 g/mol. The number of aryl methyl sites for hydroxylation is 1. The van der Waals surface area contributed by atoms with Gasteiger partial charge in [-0.25, -0.2) is 4.98 Å². The Morgan fingerprint density at radius 3 is 3.27 bits per heavy atom. The molecule has 1 unspecified atom stereocenters. The maximum absolute atomic E-state index is 5.06. The number of nitrogens with one attached hydrogen (secondary N) is 2. The van der Waals surface area contributed by atoms with Crippen molar-refractivity contribution in [3.8, 4) is 0 Å². The Hall–Kier alpha value is -1.29. The Morgan fingerprint density at radius 2 is 2.47 bits per heavy atom. The second-order valence-electron chi connectivity index (χ2n) is 3.91. The Kier molecular flexibility index (Phi) is 3.06. The van der Waals surface area contributed by atoms with Crippen LogP contribution in [0.25, 0.3) is 0 Å². The van der Waals surface area contributed by atoms with Crippen LogP contribution in [0.3, 0.4) is 0 Å². The van der Waals surface area contributed by atoms with Gasteiger partial charge in [-0.05, 0) is 25.0 Å². The molecule has 1 atom stereocenters. The van der Waals surface area contributed by atoms with Gasteiger partial charge in [0, 0.05) is 32.5 Å². The second kappa shape index (κ2) is 4.49. The van der Waals surface area contributed by atoms with Crippen molar-refractivity contribution in [2.24, 2.45) is 0 Å². The Bertz CT molecular complexity index is 341. The number of fused-ring (bicyclic) bond motifs is 1. The van der Waals surface area contributed by atoms with E-state index in [-0.39, 0.29) is 0 Å². The van der Waals surface area contributed by atoms with E-state index in [1.54, 1.807) is 7.11 Å². The lowest BCUT2D eigenvalue weighted by Crippen LogP contribution is -2.34. The molecule has 82 valence electrons. The summed E-state index contributed by atoms with van der Waals surface area (Å²) in [6.45, 7) is 3.76. The minimum atomic E-state index is 0.410. The highest BCUT2D eigenvalue weighted by atomic mass is 16.5. The summed E-state index contributed by atoms with van der Waals surface area (Å²) < 4.78 is 5.06. The van der Waals surface area contributed by atoms with Crippen LogP contribution in [0, 0.1) is 6.92 Å². The molecule has 0 aliphatic carbocycles. The highest BCUT2D eigenvalue weighted by molar-refractivity contribution is 5.67. The molecule has 1 aromatic heterocycles. The van der Waals surface area contributed by atoms with Crippen LogP contribution < -0.4 is 10.6 Å². The van der Waals surface area contributed by atoms with Gasteiger partial charge < -0.3 is 15.4 Å². The number of hydrogen-bond donors (Lipinski definition) is 2. The lowest BCUT2D eigenvalue weighted by Gasteiger charge is -2.27. The van der Waals surface area contributed by atoms with E-state index in [2.05, 4.69) is 21.7 Å². The van der Waals surface area contributed by atoms with Gasteiger partial charge in [0.1, 0.15) is 5.82 Å². The van der Waals surface area contributed by atoms with Gasteiger partial charge in [0.05, 0.1) is 5.69 Å². The van der Waals surface area contributed by atoms with Crippen molar-refractivity contribution < 1.29 is 4.74 Å². The van der Waals surface area contributed by atoms with Crippen molar-refractivity contribution in [3.05, 3.63) is 17.8 Å². The lowest BCUT2D eigenvalue weighted by atomic mass is 10.1. The van der Waals surface area contributed by atoms with Crippen LogP contribution >= 0.6 is 0 Å². The van der Waals surface area contributed by atoms with Crippen LogP contribution in [0.5, 0.6) is 0 Å². The molecule has 0 fully saturated rings. The van der Waals surface area contributed by atoms with Crippen molar-refractivity contribution in [1.82, 2.24) is 4.98 Å². The van der Waals surface area contributed by atoms with Gasteiger partial charge in [0.2, 0.25) is 0 Å². The van der Waals surface area contributed by atoms with E-state index in [9.17, 15) is 0 Å². The molecule has 15 heavy (non-hydrogen) atoms. The number of pyridine rings is 1. The molecule has 1 aliphatic heterocycles. The van der Waals surface area contributed by atoms with Crippen LogP contribution in [0.15, 0.2) is 12.3 Å². The highest BCUT2D eigenvalue weighted by Crippen LogP contribution is 2.24. The maximum Gasteiger partial charge on any atom is 0.149 e. The summed E-state index contributed by atoms with van der Waals surface area (Å²) in [5.74, 6) is 0.952. The summed E-state index contributed by atoms with van der Waals surface area (Å²) in [7, 11) is 1.73. The number of methoxy groups -OCH3 is 1. The van der Waals surface area contributed by atoms with Crippen molar-refractivity contribution in [2.75, 3.05) is 30.9 Å². The van der Waals surface area contributed by atoms with E-state index in [1.165, 1.54) is 5.56 Å². The fourth-order valence-corrected chi connectivity index (χ4v) is 1.73. The normalized spacial score (nSPS) is 18.9. The van der Waals surface area contributed by atoms with Crippen molar-refractivity contribution >= 4 is 11.5 Å². The van der Waals surface area contributed by atoms with Gasteiger partial charge in [-0.1, -0.05) is 0 Å². The molecule has 0 spiro atoms. The summed E-state index contributed by atoms with van der Waals surface area (Å²) in [6.07, 6.45) is 2.88. The predicted octanol–water partition coefficient (Wildman–Crippen LogP) is 1.63. The summed E-state index contributed by atoms with van der Waals surface area (Å²) in [4.78, 5) is 4.36. The van der Waals surface area contributed by atoms with E-state index < -0.39 is 0 Å². The summed E-state index contributed by atoms with van der Waals surface area (Å²) in [6, 6.07) is 2.52. The van der Waals surface area contributed by atoms with E-state index in [0.717, 1.165) is 31.1 Å². The second-order valence-corrected chi connectivity index (χ2v) is 3.91. The van der Waals surface area contributed by atoms with Gasteiger partial charge in [-0.2, -0.15) is 0 Å². The third-order valence-electron chi connectivity index (χ3n) is 2.57. The maximum atomic E-state index is 5.06. The lowest BCUT2D eigenvalue weighted by molar-refractivity contribution is 0.190. The van der Waals surface area contributed by atoms with Crippen molar-refractivity contribution in [1.29, 1.82) is 0 Å². The standard InChI is InChI=1S/C11H17N3O/c1-8-5-10-11(13-6-8)14-9(7-12-10)3-4-15-2/h5-6,9,12H,3-4,7H2,1-2H3,(H,13,14). The van der Waals surface area contributed by atoms with E-state index >= 15 is 0 Å². The number of rotatable bonds is 3.